The molecule has 0 saturated carbocycles. The van der Waals surface area contributed by atoms with Gasteiger partial charge in [-0.05, 0) is 24.1 Å². The van der Waals surface area contributed by atoms with Gasteiger partial charge in [-0.2, -0.15) is 0 Å². The zero-order valence-electron chi connectivity index (χ0n) is 11.8. The minimum Gasteiger partial charge on any atom is -0.369 e. The number of nitrogens with two attached hydrogens (primary N) is 1. The van der Waals surface area contributed by atoms with Crippen molar-refractivity contribution >= 4 is 15.8 Å². The molecule has 3 N–H and O–H groups in total. The van der Waals surface area contributed by atoms with Gasteiger partial charge in [0.15, 0.2) is 0 Å². The monoisotopic (exact) mass is 286 g/mol. The average molecular weight is 286 g/mol. The minimum absolute atomic E-state index is 0.0317. The maximum Gasteiger partial charge on any atom is 0.244 e. The number of hydrogen-bond acceptors (Lipinski definition) is 5. The summed E-state index contributed by atoms with van der Waals surface area (Å²) in [6.45, 7) is 5.33. The molecular formula is C12H22N4O2S. The first-order valence-electron chi connectivity index (χ1n) is 6.01. The van der Waals surface area contributed by atoms with Gasteiger partial charge in [0.1, 0.15) is 10.7 Å². The Morgan fingerprint density at radius 3 is 2.42 bits per heavy atom. The highest BCUT2D eigenvalue weighted by Crippen LogP contribution is 2.16. The Morgan fingerprint density at radius 1 is 1.37 bits per heavy atom. The maximum atomic E-state index is 11.9. The van der Waals surface area contributed by atoms with E-state index in [4.69, 9.17) is 5.73 Å². The van der Waals surface area contributed by atoms with Crippen molar-refractivity contribution in [2.45, 2.75) is 18.7 Å². The van der Waals surface area contributed by atoms with Gasteiger partial charge in [-0.15, -0.1) is 0 Å². The van der Waals surface area contributed by atoms with Gasteiger partial charge in [0.05, 0.1) is 0 Å². The molecule has 6 nitrogen and oxygen atoms in total. The molecule has 0 aliphatic rings. The number of aromatic nitrogens is 1. The zero-order valence-corrected chi connectivity index (χ0v) is 12.7. The van der Waals surface area contributed by atoms with E-state index in [1.807, 2.05) is 13.8 Å². The fourth-order valence-electron chi connectivity index (χ4n) is 1.25. The van der Waals surface area contributed by atoms with Gasteiger partial charge in [0, 0.05) is 26.8 Å². The lowest BCUT2D eigenvalue weighted by Crippen LogP contribution is -2.31. The summed E-state index contributed by atoms with van der Waals surface area (Å²) in [7, 11) is -0.436. The Bertz CT molecular complexity index is 509. The van der Waals surface area contributed by atoms with E-state index >= 15 is 0 Å². The molecule has 0 amide bonds. The molecule has 1 aromatic rings. The van der Waals surface area contributed by atoms with E-state index < -0.39 is 10.0 Å². The molecule has 0 saturated heterocycles. The first-order chi connectivity index (χ1) is 8.69. The predicted octanol–water partition coefficient (Wildman–Crippen LogP) is 0.729. The molecule has 7 heteroatoms. The Morgan fingerprint density at radius 2 is 2.00 bits per heavy atom. The van der Waals surface area contributed by atoms with Gasteiger partial charge in [-0.25, -0.2) is 17.7 Å². The standard InChI is InChI=1S/C12H22N4O2S/c1-12(2,8-13)9-15-11-6-5-10(7-14-11)19(17,18)16(3)4/h5-7H,8-9,13H2,1-4H3,(H,14,15). The summed E-state index contributed by atoms with van der Waals surface area (Å²) in [5.74, 6) is 0.638. The number of anilines is 1. The van der Waals surface area contributed by atoms with E-state index in [1.54, 1.807) is 12.1 Å². The van der Waals surface area contributed by atoms with E-state index in [0.29, 0.717) is 18.9 Å². The van der Waals surface area contributed by atoms with Crippen LogP contribution in [0.1, 0.15) is 13.8 Å². The van der Waals surface area contributed by atoms with Crippen molar-refractivity contribution in [2.75, 3.05) is 32.5 Å². The van der Waals surface area contributed by atoms with Gasteiger partial charge < -0.3 is 11.1 Å². The molecular weight excluding hydrogens is 264 g/mol. The highest BCUT2D eigenvalue weighted by Gasteiger charge is 2.18. The molecule has 0 atom stereocenters. The molecule has 0 fully saturated rings. The van der Waals surface area contributed by atoms with Crippen LogP contribution in [-0.2, 0) is 10.0 Å². The molecule has 0 aliphatic carbocycles. The first-order valence-corrected chi connectivity index (χ1v) is 7.45. The van der Waals surface area contributed by atoms with Gasteiger partial charge in [0.2, 0.25) is 10.0 Å². The SMILES string of the molecule is CN(C)S(=O)(=O)c1ccc(NCC(C)(C)CN)nc1. The molecule has 0 aliphatic heterocycles. The molecule has 108 valence electrons. The Labute approximate surface area is 115 Å². The summed E-state index contributed by atoms with van der Waals surface area (Å²) in [6, 6.07) is 3.20. The summed E-state index contributed by atoms with van der Waals surface area (Å²) in [4.78, 5) is 4.29. The van der Waals surface area contributed by atoms with Crippen molar-refractivity contribution < 1.29 is 8.42 Å². The van der Waals surface area contributed by atoms with Gasteiger partial charge in [-0.1, -0.05) is 13.8 Å². The fraction of sp³-hybridized carbons (Fsp3) is 0.583. The third kappa shape index (κ3) is 4.15. The predicted molar refractivity (Wildman–Crippen MR) is 76.4 cm³/mol. The van der Waals surface area contributed by atoms with E-state index in [9.17, 15) is 8.42 Å². The molecule has 1 heterocycles. The molecule has 0 bridgehead atoms. The van der Waals surface area contributed by atoms with E-state index in [0.717, 1.165) is 4.31 Å². The van der Waals surface area contributed by atoms with Crippen LogP contribution in [0.25, 0.3) is 0 Å². The van der Waals surface area contributed by atoms with Crippen LogP contribution in [0.2, 0.25) is 0 Å². The van der Waals surface area contributed by atoms with Crippen molar-refractivity contribution in [3.63, 3.8) is 0 Å². The number of nitrogens with zero attached hydrogens (tertiary/aromatic N) is 2. The van der Waals surface area contributed by atoms with Crippen LogP contribution in [-0.4, -0.2) is 44.9 Å². The van der Waals surface area contributed by atoms with Crippen LogP contribution in [0.5, 0.6) is 0 Å². The van der Waals surface area contributed by atoms with Crippen molar-refractivity contribution in [1.29, 1.82) is 0 Å². The minimum atomic E-state index is -3.42. The third-order valence-corrected chi connectivity index (χ3v) is 4.61. The largest absolute Gasteiger partial charge is 0.369 e. The second-order valence-electron chi connectivity index (χ2n) is 5.39. The summed E-state index contributed by atoms with van der Waals surface area (Å²) in [5, 5.41) is 3.14. The van der Waals surface area contributed by atoms with Crippen molar-refractivity contribution in [3.05, 3.63) is 18.3 Å². The normalized spacial score (nSPS) is 12.7. The van der Waals surface area contributed by atoms with Crippen molar-refractivity contribution in [1.82, 2.24) is 9.29 Å². The number of nitrogens with one attached hydrogen (secondary N) is 1. The van der Waals surface area contributed by atoms with E-state index in [2.05, 4.69) is 10.3 Å². The molecule has 1 aromatic heterocycles. The molecule has 19 heavy (non-hydrogen) atoms. The summed E-state index contributed by atoms with van der Waals surface area (Å²) < 4.78 is 24.9. The summed E-state index contributed by atoms with van der Waals surface area (Å²) in [6.07, 6.45) is 1.35. The lowest BCUT2D eigenvalue weighted by molar-refractivity contribution is 0.405. The number of rotatable bonds is 6. The maximum absolute atomic E-state index is 11.9. The summed E-state index contributed by atoms with van der Waals surface area (Å²) in [5.41, 5.74) is 5.61. The number of sulfonamides is 1. The number of pyridine rings is 1. The van der Waals surface area contributed by atoms with Crippen LogP contribution < -0.4 is 11.1 Å². The fourth-order valence-corrected chi connectivity index (χ4v) is 2.10. The van der Waals surface area contributed by atoms with Crippen molar-refractivity contribution in [3.8, 4) is 0 Å². The third-order valence-electron chi connectivity index (χ3n) is 2.82. The summed E-state index contributed by atoms with van der Waals surface area (Å²) >= 11 is 0. The van der Waals surface area contributed by atoms with Crippen LogP contribution in [0.15, 0.2) is 23.2 Å². The van der Waals surface area contributed by atoms with E-state index in [-0.39, 0.29) is 10.3 Å². The van der Waals surface area contributed by atoms with Crippen LogP contribution in [0.3, 0.4) is 0 Å². The Kier molecular flexibility index (Phi) is 4.89. The second-order valence-corrected chi connectivity index (χ2v) is 7.54. The second kappa shape index (κ2) is 5.85. The van der Waals surface area contributed by atoms with E-state index in [1.165, 1.54) is 20.3 Å². The molecule has 0 unspecified atom stereocenters. The number of hydrogen-bond donors (Lipinski definition) is 2. The zero-order chi connectivity index (χ0) is 14.7. The van der Waals surface area contributed by atoms with Gasteiger partial charge >= 0.3 is 0 Å². The average Bonchev–Trinajstić information content (AvgIpc) is 2.37. The topological polar surface area (TPSA) is 88.3 Å². The lowest BCUT2D eigenvalue weighted by Gasteiger charge is -2.22. The molecule has 0 aromatic carbocycles. The smallest absolute Gasteiger partial charge is 0.244 e. The quantitative estimate of drug-likeness (QED) is 0.805. The first kappa shape index (κ1) is 15.9. The van der Waals surface area contributed by atoms with Gasteiger partial charge in [-0.3, -0.25) is 0 Å². The molecule has 1 rings (SSSR count). The Balaban J connectivity index is 2.78. The highest BCUT2D eigenvalue weighted by atomic mass is 32.2. The molecule has 0 spiro atoms. The highest BCUT2D eigenvalue weighted by molar-refractivity contribution is 7.89. The van der Waals surface area contributed by atoms with Crippen LogP contribution >= 0.6 is 0 Å². The molecule has 0 radical (unpaired) electrons. The van der Waals surface area contributed by atoms with Gasteiger partial charge in [0.25, 0.3) is 0 Å². The lowest BCUT2D eigenvalue weighted by atomic mass is 9.94. The van der Waals surface area contributed by atoms with Crippen molar-refractivity contribution in [2.24, 2.45) is 11.1 Å². The van der Waals surface area contributed by atoms with Crippen LogP contribution in [0, 0.1) is 5.41 Å². The van der Waals surface area contributed by atoms with Crippen LogP contribution in [0.4, 0.5) is 5.82 Å². The Hall–Kier alpha value is -1.18.